The number of rotatable bonds is 7. The third-order valence-corrected chi connectivity index (χ3v) is 3.57. The van der Waals surface area contributed by atoms with Crippen molar-refractivity contribution < 1.29 is 24.2 Å². The number of aliphatic carboxylic acids is 1. The van der Waals surface area contributed by atoms with Crippen LogP contribution in [-0.4, -0.2) is 30.6 Å². The normalized spacial score (nSPS) is 10.6. The first kappa shape index (κ1) is 17.7. The van der Waals surface area contributed by atoms with E-state index in [0.717, 1.165) is 10.0 Å². The lowest BCUT2D eigenvalue weighted by molar-refractivity contribution is -0.139. The fraction of sp³-hybridized carbons (Fsp3) is 0.111. The molecular weight excluding hydrogens is 376 g/mol. The van der Waals surface area contributed by atoms with Gasteiger partial charge in [-0.25, -0.2) is 4.79 Å². The van der Waals surface area contributed by atoms with Gasteiger partial charge in [-0.05, 0) is 42.0 Å². The van der Waals surface area contributed by atoms with Crippen LogP contribution in [0, 0.1) is 0 Å². The van der Waals surface area contributed by atoms with Crippen LogP contribution < -0.4 is 9.47 Å². The monoisotopic (exact) mass is 390 g/mol. The predicted octanol–water partition coefficient (Wildman–Crippen LogP) is 3.82. The SMILES string of the molecule is COc1cc(C(=O)C=Cc2cccc(Br)c2)ccc1OCC(=O)O. The van der Waals surface area contributed by atoms with E-state index in [4.69, 9.17) is 14.6 Å². The van der Waals surface area contributed by atoms with E-state index >= 15 is 0 Å². The number of carboxylic acid groups (broad SMARTS) is 1. The number of methoxy groups -OCH3 is 1. The maximum atomic E-state index is 12.3. The van der Waals surface area contributed by atoms with Gasteiger partial charge in [0, 0.05) is 10.0 Å². The molecule has 0 aliphatic carbocycles. The molecule has 0 unspecified atom stereocenters. The molecule has 0 radical (unpaired) electrons. The molecule has 6 heteroatoms. The highest BCUT2D eigenvalue weighted by atomic mass is 79.9. The van der Waals surface area contributed by atoms with Gasteiger partial charge >= 0.3 is 5.97 Å². The Balaban J connectivity index is 2.16. The van der Waals surface area contributed by atoms with Gasteiger partial charge in [0.15, 0.2) is 23.9 Å². The zero-order valence-electron chi connectivity index (χ0n) is 12.9. The molecule has 0 atom stereocenters. The Kier molecular flexibility index (Phi) is 6.14. The molecule has 2 aromatic rings. The van der Waals surface area contributed by atoms with E-state index in [9.17, 15) is 9.59 Å². The summed E-state index contributed by atoms with van der Waals surface area (Å²) >= 11 is 3.37. The summed E-state index contributed by atoms with van der Waals surface area (Å²) in [5, 5.41) is 8.65. The summed E-state index contributed by atoms with van der Waals surface area (Å²) in [5.74, 6) is -0.711. The van der Waals surface area contributed by atoms with E-state index in [1.54, 1.807) is 12.1 Å². The summed E-state index contributed by atoms with van der Waals surface area (Å²) < 4.78 is 11.2. The number of hydrogen-bond donors (Lipinski definition) is 1. The van der Waals surface area contributed by atoms with E-state index in [1.807, 2.05) is 24.3 Å². The van der Waals surface area contributed by atoms with Gasteiger partial charge in [-0.3, -0.25) is 4.79 Å². The van der Waals surface area contributed by atoms with Gasteiger partial charge in [0.25, 0.3) is 0 Å². The van der Waals surface area contributed by atoms with Crippen LogP contribution in [0.15, 0.2) is 53.0 Å². The second-order valence-corrected chi connectivity index (χ2v) is 5.72. The van der Waals surface area contributed by atoms with E-state index in [-0.39, 0.29) is 11.5 Å². The molecule has 24 heavy (non-hydrogen) atoms. The van der Waals surface area contributed by atoms with Crippen molar-refractivity contribution in [2.24, 2.45) is 0 Å². The Hall–Kier alpha value is -2.60. The number of carboxylic acids is 1. The van der Waals surface area contributed by atoms with Gasteiger partial charge in [0.1, 0.15) is 0 Å². The smallest absolute Gasteiger partial charge is 0.341 e. The molecule has 0 aliphatic rings. The van der Waals surface area contributed by atoms with Crippen LogP contribution in [0.4, 0.5) is 0 Å². The average Bonchev–Trinajstić information content (AvgIpc) is 2.57. The van der Waals surface area contributed by atoms with Gasteiger partial charge in [-0.1, -0.05) is 34.1 Å². The van der Waals surface area contributed by atoms with E-state index in [2.05, 4.69) is 15.9 Å². The number of ketones is 1. The van der Waals surface area contributed by atoms with E-state index in [0.29, 0.717) is 11.3 Å². The molecule has 0 bridgehead atoms. The number of ether oxygens (including phenoxy) is 2. The Morgan fingerprint density at radius 1 is 1.17 bits per heavy atom. The Morgan fingerprint density at radius 3 is 2.62 bits per heavy atom. The first-order chi connectivity index (χ1) is 11.5. The third-order valence-electron chi connectivity index (χ3n) is 3.08. The molecule has 0 saturated heterocycles. The van der Waals surface area contributed by atoms with Crippen molar-refractivity contribution in [3.05, 3.63) is 64.1 Å². The van der Waals surface area contributed by atoms with Crippen molar-refractivity contribution in [1.82, 2.24) is 0 Å². The first-order valence-electron chi connectivity index (χ1n) is 7.00. The fourth-order valence-electron chi connectivity index (χ4n) is 1.96. The number of carbonyl (C=O) groups excluding carboxylic acids is 1. The summed E-state index contributed by atoms with van der Waals surface area (Å²) in [6.45, 7) is -0.480. The van der Waals surface area contributed by atoms with Gasteiger partial charge in [0.05, 0.1) is 7.11 Å². The molecule has 0 aromatic heterocycles. The van der Waals surface area contributed by atoms with Crippen molar-refractivity contribution in [2.45, 2.75) is 0 Å². The zero-order valence-corrected chi connectivity index (χ0v) is 14.4. The second kappa shape index (κ2) is 8.31. The number of carbonyl (C=O) groups is 2. The molecule has 0 saturated carbocycles. The van der Waals surface area contributed by atoms with Crippen LogP contribution in [0.3, 0.4) is 0 Å². The molecule has 124 valence electrons. The fourth-order valence-corrected chi connectivity index (χ4v) is 2.37. The molecule has 0 aliphatic heterocycles. The molecule has 5 nitrogen and oxygen atoms in total. The molecule has 0 heterocycles. The topological polar surface area (TPSA) is 72.8 Å². The van der Waals surface area contributed by atoms with Gasteiger partial charge in [-0.15, -0.1) is 0 Å². The van der Waals surface area contributed by atoms with E-state index < -0.39 is 12.6 Å². The van der Waals surface area contributed by atoms with Gasteiger partial charge < -0.3 is 14.6 Å². The standard InChI is InChI=1S/C18H15BrO5/c1-23-17-10-13(6-8-16(17)24-11-18(21)22)15(20)7-5-12-3-2-4-14(19)9-12/h2-10H,11H2,1H3,(H,21,22). The second-order valence-electron chi connectivity index (χ2n) is 4.80. The number of hydrogen-bond acceptors (Lipinski definition) is 4. The highest BCUT2D eigenvalue weighted by Gasteiger charge is 2.10. The highest BCUT2D eigenvalue weighted by Crippen LogP contribution is 2.28. The Morgan fingerprint density at radius 2 is 1.96 bits per heavy atom. The van der Waals surface area contributed by atoms with Crippen LogP contribution in [0.2, 0.25) is 0 Å². The number of halogens is 1. The number of allylic oxidation sites excluding steroid dienone is 1. The van der Waals surface area contributed by atoms with E-state index in [1.165, 1.54) is 25.3 Å². The molecule has 0 fully saturated rings. The quantitative estimate of drug-likeness (QED) is 0.574. The van der Waals surface area contributed by atoms with Crippen LogP contribution in [0.25, 0.3) is 6.08 Å². The molecule has 2 rings (SSSR count). The van der Waals surface area contributed by atoms with Crippen molar-refractivity contribution >= 4 is 33.8 Å². The van der Waals surface area contributed by atoms with Crippen molar-refractivity contribution in [3.8, 4) is 11.5 Å². The summed E-state index contributed by atoms with van der Waals surface area (Å²) in [4.78, 5) is 22.8. The maximum absolute atomic E-state index is 12.3. The third kappa shape index (κ3) is 4.96. The van der Waals surface area contributed by atoms with Gasteiger partial charge in [0.2, 0.25) is 0 Å². The Bertz CT molecular complexity index is 783. The molecular formula is C18H15BrO5. The van der Waals surface area contributed by atoms with Crippen LogP contribution >= 0.6 is 15.9 Å². The minimum Gasteiger partial charge on any atom is -0.493 e. The molecule has 2 aromatic carbocycles. The van der Waals surface area contributed by atoms with Crippen LogP contribution in [-0.2, 0) is 4.79 Å². The molecule has 0 amide bonds. The minimum absolute atomic E-state index is 0.196. The minimum atomic E-state index is -1.09. The van der Waals surface area contributed by atoms with Crippen molar-refractivity contribution in [2.75, 3.05) is 13.7 Å². The van der Waals surface area contributed by atoms with Crippen molar-refractivity contribution in [1.29, 1.82) is 0 Å². The summed E-state index contributed by atoms with van der Waals surface area (Å²) in [6, 6.07) is 12.2. The number of benzene rings is 2. The first-order valence-corrected chi connectivity index (χ1v) is 7.79. The molecule has 0 spiro atoms. The largest absolute Gasteiger partial charge is 0.493 e. The molecule has 1 N–H and O–H groups in total. The zero-order chi connectivity index (χ0) is 17.5. The van der Waals surface area contributed by atoms with Crippen LogP contribution in [0.5, 0.6) is 11.5 Å². The summed E-state index contributed by atoms with van der Waals surface area (Å²) in [7, 11) is 1.43. The predicted molar refractivity (Wildman–Crippen MR) is 93.6 cm³/mol. The lowest BCUT2D eigenvalue weighted by Gasteiger charge is -2.09. The summed E-state index contributed by atoms with van der Waals surface area (Å²) in [5.41, 5.74) is 1.31. The Labute approximate surface area is 147 Å². The highest BCUT2D eigenvalue weighted by molar-refractivity contribution is 9.10. The average molecular weight is 391 g/mol. The van der Waals surface area contributed by atoms with Crippen LogP contribution in [0.1, 0.15) is 15.9 Å². The lowest BCUT2D eigenvalue weighted by Crippen LogP contribution is -2.10. The maximum Gasteiger partial charge on any atom is 0.341 e. The van der Waals surface area contributed by atoms with Crippen molar-refractivity contribution in [3.63, 3.8) is 0 Å². The lowest BCUT2D eigenvalue weighted by atomic mass is 10.1. The summed E-state index contributed by atoms with van der Waals surface area (Å²) in [6.07, 6.45) is 3.18. The van der Waals surface area contributed by atoms with Gasteiger partial charge in [-0.2, -0.15) is 0 Å².